The number of hydrogen-bond acceptors (Lipinski definition) is 4. The number of carbonyl (C=O) groups is 1. The van der Waals surface area contributed by atoms with Crippen molar-refractivity contribution in [3.8, 4) is 0 Å². The van der Waals surface area contributed by atoms with Gasteiger partial charge in [-0.25, -0.2) is 4.79 Å². The quantitative estimate of drug-likeness (QED) is 0.818. The summed E-state index contributed by atoms with van der Waals surface area (Å²) < 4.78 is 5.43. The third-order valence-corrected chi connectivity index (χ3v) is 5.50. The number of amides is 1. The fraction of sp³-hybridized carbons (Fsp3) is 0.944. The van der Waals surface area contributed by atoms with E-state index < -0.39 is 16.6 Å². The van der Waals surface area contributed by atoms with E-state index in [0.29, 0.717) is 13.0 Å². The van der Waals surface area contributed by atoms with E-state index in [2.05, 4.69) is 0 Å². The van der Waals surface area contributed by atoms with Crippen LogP contribution in [0, 0.1) is 5.41 Å². The van der Waals surface area contributed by atoms with Crippen molar-refractivity contribution in [2.45, 2.75) is 83.3 Å². The van der Waals surface area contributed by atoms with Crippen LogP contribution < -0.4 is 0 Å². The summed E-state index contributed by atoms with van der Waals surface area (Å²) in [6.45, 7) is 6.28. The Balaban J connectivity index is 2.09. The minimum atomic E-state index is -1.00. The fourth-order valence-electron chi connectivity index (χ4n) is 4.06. The van der Waals surface area contributed by atoms with E-state index in [0.717, 1.165) is 38.5 Å². The normalized spacial score (nSPS) is 29.0. The summed E-state index contributed by atoms with van der Waals surface area (Å²) in [4.78, 5) is 13.9. The molecule has 1 amide bonds. The van der Waals surface area contributed by atoms with Crippen molar-refractivity contribution in [2.75, 3.05) is 19.7 Å². The van der Waals surface area contributed by atoms with Gasteiger partial charge in [-0.1, -0.05) is 32.1 Å². The highest BCUT2D eigenvalue weighted by molar-refractivity contribution is 5.68. The van der Waals surface area contributed by atoms with Gasteiger partial charge < -0.3 is 19.8 Å². The van der Waals surface area contributed by atoms with Crippen LogP contribution in [0.1, 0.15) is 72.1 Å². The molecule has 0 aromatic heterocycles. The second-order valence-corrected chi connectivity index (χ2v) is 8.39. The van der Waals surface area contributed by atoms with E-state index in [4.69, 9.17) is 4.74 Å². The van der Waals surface area contributed by atoms with Gasteiger partial charge in [-0.15, -0.1) is 0 Å². The van der Waals surface area contributed by atoms with Crippen LogP contribution in [0.15, 0.2) is 0 Å². The van der Waals surface area contributed by atoms with Gasteiger partial charge in [0.1, 0.15) is 5.60 Å². The molecule has 5 heteroatoms. The molecule has 2 rings (SSSR count). The van der Waals surface area contributed by atoms with Crippen LogP contribution in [0.2, 0.25) is 0 Å². The smallest absolute Gasteiger partial charge is 0.410 e. The topological polar surface area (TPSA) is 70.0 Å². The number of β-amino-alcohol motifs (C(OH)–C–C–N with tert-alkyl or cyclic N) is 1. The van der Waals surface area contributed by atoms with Gasteiger partial charge in [0.05, 0.1) is 18.8 Å². The van der Waals surface area contributed by atoms with Crippen LogP contribution in [0.5, 0.6) is 0 Å². The van der Waals surface area contributed by atoms with Crippen LogP contribution in [-0.4, -0.2) is 52.1 Å². The first-order chi connectivity index (χ1) is 10.7. The zero-order chi connectivity index (χ0) is 17.1. The Morgan fingerprint density at radius 2 is 1.65 bits per heavy atom. The van der Waals surface area contributed by atoms with Crippen LogP contribution in [0.4, 0.5) is 4.79 Å². The zero-order valence-electron chi connectivity index (χ0n) is 14.9. The predicted octanol–water partition coefficient (Wildman–Crippen LogP) is 3.08. The van der Waals surface area contributed by atoms with Gasteiger partial charge >= 0.3 is 6.09 Å². The first kappa shape index (κ1) is 18.5. The van der Waals surface area contributed by atoms with E-state index in [1.54, 1.807) is 4.90 Å². The maximum Gasteiger partial charge on any atom is 0.410 e. The average Bonchev–Trinajstić information content (AvgIpc) is 2.81. The lowest BCUT2D eigenvalue weighted by atomic mass is 9.64. The number of aliphatic hydroxyl groups is 2. The Morgan fingerprint density at radius 1 is 1.09 bits per heavy atom. The summed E-state index contributed by atoms with van der Waals surface area (Å²) in [6, 6.07) is 0. The summed E-state index contributed by atoms with van der Waals surface area (Å²) in [5.41, 5.74) is -2.02. The number of ether oxygens (including phenoxy) is 1. The molecule has 2 fully saturated rings. The van der Waals surface area contributed by atoms with Crippen molar-refractivity contribution in [1.82, 2.24) is 4.90 Å². The molecular weight excluding hydrogens is 294 g/mol. The second-order valence-electron chi connectivity index (χ2n) is 8.39. The van der Waals surface area contributed by atoms with Crippen LogP contribution >= 0.6 is 0 Å². The monoisotopic (exact) mass is 327 g/mol. The molecule has 0 radical (unpaired) electrons. The summed E-state index contributed by atoms with van der Waals surface area (Å²) in [5, 5.41) is 21.4. The molecule has 1 atom stereocenters. The van der Waals surface area contributed by atoms with Crippen molar-refractivity contribution in [3.05, 3.63) is 0 Å². The molecule has 5 nitrogen and oxygen atoms in total. The Morgan fingerprint density at radius 3 is 2.17 bits per heavy atom. The first-order valence-electron chi connectivity index (χ1n) is 9.03. The lowest BCUT2D eigenvalue weighted by Crippen LogP contribution is -2.53. The minimum absolute atomic E-state index is 0.00828. The Bertz CT molecular complexity index is 410. The summed E-state index contributed by atoms with van der Waals surface area (Å²) in [6.07, 6.45) is 7.46. The molecule has 134 valence electrons. The molecule has 0 aromatic rings. The number of likely N-dealkylation sites (tertiary alicyclic amines) is 1. The van der Waals surface area contributed by atoms with Gasteiger partial charge in [0.25, 0.3) is 0 Å². The summed E-state index contributed by atoms with van der Waals surface area (Å²) in [5.74, 6) is 0. The van der Waals surface area contributed by atoms with Crippen LogP contribution in [0.25, 0.3) is 0 Å². The molecule has 1 saturated carbocycles. The molecule has 1 aliphatic heterocycles. The standard InChI is InChI=1S/C18H33NO4/c1-16(2,3)23-15(21)19-12-11-18(22,13-19)17(14-20)9-7-5-4-6-8-10-17/h20,22H,4-14H2,1-3H3. The Kier molecular flexibility index (Phi) is 5.62. The second kappa shape index (κ2) is 6.98. The van der Waals surface area contributed by atoms with Crippen LogP contribution in [0.3, 0.4) is 0 Å². The minimum Gasteiger partial charge on any atom is -0.444 e. The van der Waals surface area contributed by atoms with Gasteiger partial charge in [0, 0.05) is 12.0 Å². The van der Waals surface area contributed by atoms with Crippen molar-refractivity contribution >= 4 is 6.09 Å². The molecule has 23 heavy (non-hydrogen) atoms. The molecule has 0 spiro atoms. The van der Waals surface area contributed by atoms with E-state index >= 15 is 0 Å². The molecule has 1 saturated heterocycles. The molecule has 2 N–H and O–H groups in total. The summed E-state index contributed by atoms with van der Waals surface area (Å²) >= 11 is 0. The van der Waals surface area contributed by atoms with Gasteiger partial charge in [-0.2, -0.15) is 0 Å². The van der Waals surface area contributed by atoms with E-state index in [-0.39, 0.29) is 19.2 Å². The molecule has 1 aliphatic carbocycles. The molecule has 0 aromatic carbocycles. The number of carbonyl (C=O) groups excluding carboxylic acids is 1. The van der Waals surface area contributed by atoms with Gasteiger partial charge in [-0.05, 0) is 40.0 Å². The van der Waals surface area contributed by atoms with Gasteiger partial charge in [0.2, 0.25) is 0 Å². The highest BCUT2D eigenvalue weighted by Crippen LogP contribution is 2.47. The largest absolute Gasteiger partial charge is 0.444 e. The fourth-order valence-corrected chi connectivity index (χ4v) is 4.06. The molecule has 1 unspecified atom stereocenters. The van der Waals surface area contributed by atoms with Crippen molar-refractivity contribution in [1.29, 1.82) is 0 Å². The number of nitrogens with zero attached hydrogens (tertiary/aromatic N) is 1. The highest BCUT2D eigenvalue weighted by atomic mass is 16.6. The molecule has 2 aliphatic rings. The molecule has 1 heterocycles. The highest BCUT2D eigenvalue weighted by Gasteiger charge is 2.54. The predicted molar refractivity (Wildman–Crippen MR) is 89.2 cm³/mol. The Hall–Kier alpha value is -0.810. The maximum atomic E-state index is 12.3. The third kappa shape index (κ3) is 4.18. The molecular formula is C18H33NO4. The van der Waals surface area contributed by atoms with Gasteiger partial charge in [-0.3, -0.25) is 0 Å². The lowest BCUT2D eigenvalue weighted by Gasteiger charge is -2.45. The zero-order valence-corrected chi connectivity index (χ0v) is 14.9. The van der Waals surface area contributed by atoms with Crippen molar-refractivity contribution in [3.63, 3.8) is 0 Å². The van der Waals surface area contributed by atoms with E-state index in [9.17, 15) is 15.0 Å². The van der Waals surface area contributed by atoms with Crippen LogP contribution in [-0.2, 0) is 4.74 Å². The van der Waals surface area contributed by atoms with Gasteiger partial charge in [0.15, 0.2) is 0 Å². The Labute approximate surface area is 140 Å². The van der Waals surface area contributed by atoms with Crippen molar-refractivity contribution < 1.29 is 19.7 Å². The average molecular weight is 327 g/mol. The van der Waals surface area contributed by atoms with Crippen molar-refractivity contribution in [2.24, 2.45) is 5.41 Å². The third-order valence-electron chi connectivity index (χ3n) is 5.50. The number of aliphatic hydroxyl groups excluding tert-OH is 1. The number of hydrogen-bond donors (Lipinski definition) is 2. The maximum absolute atomic E-state index is 12.3. The number of rotatable bonds is 2. The summed E-state index contributed by atoms with van der Waals surface area (Å²) in [7, 11) is 0. The SMILES string of the molecule is CC(C)(C)OC(=O)N1CCC(O)(C2(CO)CCCCCCC2)C1. The first-order valence-corrected chi connectivity index (χ1v) is 9.03. The van der Waals surface area contributed by atoms with E-state index in [1.165, 1.54) is 6.42 Å². The van der Waals surface area contributed by atoms with E-state index in [1.807, 2.05) is 20.8 Å². The molecule has 0 bridgehead atoms. The lowest BCUT2D eigenvalue weighted by molar-refractivity contribution is -0.114.